The molecule has 4 aliphatic rings. The third-order valence-corrected chi connectivity index (χ3v) is 7.19. The van der Waals surface area contributed by atoms with Gasteiger partial charge in [0.1, 0.15) is 0 Å². The number of hydrogen-bond donors (Lipinski definition) is 1. The Morgan fingerprint density at radius 1 is 1.23 bits per heavy atom. The molecule has 5 atom stereocenters. The quantitative estimate of drug-likeness (QED) is 0.823. The SMILES string of the molecule is NC(=O)C12CC3CC(c4ccccc4)(CC1C3CCCCl)C2. The molecule has 4 fully saturated rings. The van der Waals surface area contributed by atoms with Crippen molar-refractivity contribution in [1.82, 2.24) is 0 Å². The Kier molecular flexibility index (Phi) is 3.30. The Balaban J connectivity index is 1.71. The molecule has 0 aromatic heterocycles. The maximum atomic E-state index is 12.4. The lowest BCUT2D eigenvalue weighted by Crippen LogP contribution is -2.41. The van der Waals surface area contributed by atoms with Crippen molar-refractivity contribution in [3.63, 3.8) is 0 Å². The summed E-state index contributed by atoms with van der Waals surface area (Å²) in [7, 11) is 0. The van der Waals surface area contributed by atoms with E-state index in [-0.39, 0.29) is 16.7 Å². The van der Waals surface area contributed by atoms with Crippen LogP contribution < -0.4 is 5.73 Å². The minimum atomic E-state index is -0.240. The molecule has 2 nitrogen and oxygen atoms in total. The number of amides is 1. The van der Waals surface area contributed by atoms with E-state index in [0.29, 0.717) is 17.8 Å². The van der Waals surface area contributed by atoms with E-state index in [1.54, 1.807) is 0 Å². The monoisotopic (exact) mass is 317 g/mol. The van der Waals surface area contributed by atoms with Gasteiger partial charge in [-0.15, -0.1) is 11.6 Å². The molecule has 4 aliphatic carbocycles. The van der Waals surface area contributed by atoms with E-state index in [0.717, 1.165) is 31.6 Å². The van der Waals surface area contributed by atoms with Crippen LogP contribution in [0, 0.1) is 23.2 Å². The third-order valence-electron chi connectivity index (χ3n) is 6.92. The first kappa shape index (κ1) is 14.6. The molecule has 0 aliphatic heterocycles. The van der Waals surface area contributed by atoms with E-state index in [9.17, 15) is 4.79 Å². The number of hydrogen-bond acceptors (Lipinski definition) is 1. The molecule has 0 saturated heterocycles. The number of benzene rings is 1. The van der Waals surface area contributed by atoms with Gasteiger partial charge in [0.15, 0.2) is 0 Å². The Hall–Kier alpha value is -1.02. The second-order valence-corrected chi connectivity index (χ2v) is 8.20. The van der Waals surface area contributed by atoms with Gasteiger partial charge in [0, 0.05) is 5.88 Å². The van der Waals surface area contributed by atoms with Gasteiger partial charge in [-0.1, -0.05) is 30.3 Å². The second-order valence-electron chi connectivity index (χ2n) is 7.82. The van der Waals surface area contributed by atoms with Crippen molar-refractivity contribution in [2.45, 2.75) is 43.9 Å². The van der Waals surface area contributed by atoms with Crippen molar-refractivity contribution >= 4 is 17.5 Å². The number of alkyl halides is 1. The number of nitrogens with two attached hydrogens (primary N) is 1. The lowest BCUT2D eigenvalue weighted by molar-refractivity contribution is -0.129. The van der Waals surface area contributed by atoms with Gasteiger partial charge in [-0.2, -0.15) is 0 Å². The summed E-state index contributed by atoms with van der Waals surface area (Å²) in [6.45, 7) is 0. The van der Waals surface area contributed by atoms with Gasteiger partial charge in [0.25, 0.3) is 0 Å². The van der Waals surface area contributed by atoms with Crippen molar-refractivity contribution in [3.8, 4) is 0 Å². The summed E-state index contributed by atoms with van der Waals surface area (Å²) in [6, 6.07) is 10.8. The standard InChI is InChI=1S/C19H24ClNO/c20-8-4-7-15-13-9-18(14-5-2-1-3-6-14)11-16(15)19(10-13,12-18)17(21)22/h1-3,5-6,13,15-16H,4,7-12H2,(H2,21,22). The van der Waals surface area contributed by atoms with Crippen LogP contribution in [0.5, 0.6) is 0 Å². The highest BCUT2D eigenvalue weighted by molar-refractivity contribution is 6.17. The minimum Gasteiger partial charge on any atom is -0.369 e. The van der Waals surface area contributed by atoms with Crippen molar-refractivity contribution in [2.24, 2.45) is 28.9 Å². The lowest BCUT2D eigenvalue weighted by atomic mass is 9.61. The molecule has 118 valence electrons. The van der Waals surface area contributed by atoms with Gasteiger partial charge in [-0.25, -0.2) is 0 Å². The molecular weight excluding hydrogens is 294 g/mol. The molecule has 0 heterocycles. The number of carbonyl (C=O) groups excluding carboxylic acids is 1. The normalized spacial score (nSPS) is 42.0. The predicted molar refractivity (Wildman–Crippen MR) is 88.6 cm³/mol. The molecule has 4 bridgehead atoms. The number of halogens is 1. The highest BCUT2D eigenvalue weighted by atomic mass is 35.5. The van der Waals surface area contributed by atoms with Gasteiger partial charge >= 0.3 is 0 Å². The summed E-state index contributed by atoms with van der Waals surface area (Å²) in [6.07, 6.45) is 6.59. The van der Waals surface area contributed by atoms with E-state index in [1.807, 2.05) is 0 Å². The Bertz CT molecular complexity index is 588. The summed E-state index contributed by atoms with van der Waals surface area (Å²) in [5, 5.41) is 0. The molecular formula is C19H24ClNO. The fourth-order valence-corrected chi connectivity index (χ4v) is 6.44. The summed E-state index contributed by atoms with van der Waals surface area (Å²) in [4.78, 5) is 12.4. The highest BCUT2D eigenvalue weighted by Crippen LogP contribution is 2.73. The molecule has 0 spiro atoms. The Morgan fingerprint density at radius 3 is 2.68 bits per heavy atom. The fourth-order valence-electron chi connectivity index (χ4n) is 6.29. The van der Waals surface area contributed by atoms with Gasteiger partial charge in [-0.3, -0.25) is 4.79 Å². The van der Waals surface area contributed by atoms with Gasteiger partial charge in [0.05, 0.1) is 5.41 Å². The molecule has 1 aromatic carbocycles. The molecule has 5 unspecified atom stereocenters. The van der Waals surface area contributed by atoms with Crippen LogP contribution in [0.25, 0.3) is 0 Å². The number of primary amides is 1. The van der Waals surface area contributed by atoms with Gasteiger partial charge in [0.2, 0.25) is 5.91 Å². The Labute approximate surface area is 137 Å². The van der Waals surface area contributed by atoms with E-state index in [2.05, 4.69) is 30.3 Å². The maximum Gasteiger partial charge on any atom is 0.223 e. The van der Waals surface area contributed by atoms with E-state index < -0.39 is 0 Å². The van der Waals surface area contributed by atoms with Crippen LogP contribution in [-0.2, 0) is 10.2 Å². The zero-order chi connectivity index (χ0) is 15.4. The number of carbonyl (C=O) groups is 1. The van der Waals surface area contributed by atoms with Crippen LogP contribution in [0.1, 0.15) is 44.1 Å². The van der Waals surface area contributed by atoms with Crippen LogP contribution in [0.4, 0.5) is 0 Å². The molecule has 0 radical (unpaired) electrons. The summed E-state index contributed by atoms with van der Waals surface area (Å²) in [5.41, 5.74) is 7.29. The van der Waals surface area contributed by atoms with Crippen molar-refractivity contribution in [2.75, 3.05) is 5.88 Å². The third kappa shape index (κ3) is 1.83. The largest absolute Gasteiger partial charge is 0.369 e. The van der Waals surface area contributed by atoms with Crippen molar-refractivity contribution in [1.29, 1.82) is 0 Å². The minimum absolute atomic E-state index is 0.0478. The molecule has 22 heavy (non-hydrogen) atoms. The van der Waals surface area contributed by atoms with Crippen LogP contribution in [0.15, 0.2) is 30.3 Å². The van der Waals surface area contributed by atoms with E-state index in [1.165, 1.54) is 18.4 Å². The van der Waals surface area contributed by atoms with Crippen LogP contribution in [-0.4, -0.2) is 11.8 Å². The summed E-state index contributed by atoms with van der Waals surface area (Å²) < 4.78 is 0. The highest BCUT2D eigenvalue weighted by Gasteiger charge is 2.69. The van der Waals surface area contributed by atoms with Crippen LogP contribution in [0.2, 0.25) is 0 Å². The van der Waals surface area contributed by atoms with E-state index in [4.69, 9.17) is 17.3 Å². The number of rotatable bonds is 5. The summed E-state index contributed by atoms with van der Waals surface area (Å²) >= 11 is 5.91. The molecule has 1 aromatic rings. The average Bonchev–Trinajstić information content (AvgIpc) is 2.90. The van der Waals surface area contributed by atoms with Crippen molar-refractivity contribution < 1.29 is 4.79 Å². The Morgan fingerprint density at radius 2 is 2.00 bits per heavy atom. The molecule has 3 heteroatoms. The topological polar surface area (TPSA) is 43.1 Å². The van der Waals surface area contributed by atoms with Crippen LogP contribution >= 0.6 is 11.6 Å². The zero-order valence-corrected chi connectivity index (χ0v) is 13.7. The lowest BCUT2D eigenvalue weighted by Gasteiger charge is -2.43. The molecule has 1 amide bonds. The summed E-state index contributed by atoms with van der Waals surface area (Å²) in [5.74, 6) is 2.47. The first-order chi connectivity index (χ1) is 10.6. The smallest absolute Gasteiger partial charge is 0.223 e. The first-order valence-electron chi connectivity index (χ1n) is 8.53. The molecule has 2 N–H and O–H groups in total. The van der Waals surface area contributed by atoms with Gasteiger partial charge in [-0.05, 0) is 67.3 Å². The van der Waals surface area contributed by atoms with Gasteiger partial charge < -0.3 is 5.73 Å². The second kappa shape index (κ2) is 4.99. The fraction of sp³-hybridized carbons (Fsp3) is 0.632. The zero-order valence-electron chi connectivity index (χ0n) is 12.9. The molecule has 5 rings (SSSR count). The molecule has 4 saturated carbocycles. The van der Waals surface area contributed by atoms with Crippen molar-refractivity contribution in [3.05, 3.63) is 35.9 Å². The first-order valence-corrected chi connectivity index (χ1v) is 9.06. The van der Waals surface area contributed by atoms with E-state index >= 15 is 0 Å². The van der Waals surface area contributed by atoms with Crippen LogP contribution in [0.3, 0.4) is 0 Å². The average molecular weight is 318 g/mol. The maximum absolute atomic E-state index is 12.4. The predicted octanol–water partition coefficient (Wildman–Crippen LogP) is 3.86.